The minimum atomic E-state index is -4.59. The van der Waals surface area contributed by atoms with Gasteiger partial charge in [0.05, 0.1) is 16.3 Å². The summed E-state index contributed by atoms with van der Waals surface area (Å²) in [5, 5.41) is 3.71. The summed E-state index contributed by atoms with van der Waals surface area (Å²) in [6, 6.07) is 12.1. The summed E-state index contributed by atoms with van der Waals surface area (Å²) in [6.45, 7) is 3.67. The maximum absolute atomic E-state index is 13.2. The molecule has 0 N–H and O–H groups in total. The van der Waals surface area contributed by atoms with Gasteiger partial charge in [0.15, 0.2) is 16.4 Å². The van der Waals surface area contributed by atoms with Gasteiger partial charge in [-0.1, -0.05) is 17.7 Å². The van der Waals surface area contributed by atoms with Crippen molar-refractivity contribution in [3.8, 4) is 16.9 Å². The molecule has 0 unspecified atom stereocenters. The molecule has 0 fully saturated rings. The topological polar surface area (TPSA) is 52.0 Å². The Morgan fingerprint density at radius 3 is 2.19 bits per heavy atom. The van der Waals surface area contributed by atoms with Crippen molar-refractivity contribution >= 4 is 10.7 Å². The zero-order valence-corrected chi connectivity index (χ0v) is 14.8. The minimum absolute atomic E-state index is 0.0836. The monoisotopic (exact) mass is 380 g/mol. The highest BCUT2D eigenvalue weighted by Crippen LogP contribution is 2.34. The maximum atomic E-state index is 13.2. The Bertz CT molecular complexity index is 1030. The number of aromatic nitrogens is 2. The van der Waals surface area contributed by atoms with Crippen molar-refractivity contribution in [1.29, 1.82) is 0 Å². The van der Waals surface area contributed by atoms with Gasteiger partial charge in [-0.25, -0.2) is 13.1 Å². The van der Waals surface area contributed by atoms with Crippen molar-refractivity contribution in [3.63, 3.8) is 0 Å². The molecule has 2 aromatic carbocycles. The van der Waals surface area contributed by atoms with Gasteiger partial charge in [0, 0.05) is 5.56 Å². The molecule has 3 rings (SSSR count). The molecular weight excluding hydrogens is 365 g/mol. The number of rotatable bonds is 3. The van der Waals surface area contributed by atoms with Crippen LogP contribution in [0, 0.1) is 13.8 Å². The summed E-state index contributed by atoms with van der Waals surface area (Å²) in [7, 11) is -2.76. The van der Waals surface area contributed by atoms with E-state index in [9.17, 15) is 21.6 Å². The first-order chi connectivity index (χ1) is 12.2. The molecule has 136 valence electrons. The highest BCUT2D eigenvalue weighted by Gasteiger charge is 2.35. The third kappa shape index (κ3) is 3.50. The van der Waals surface area contributed by atoms with Crippen LogP contribution < -0.4 is 0 Å². The summed E-state index contributed by atoms with van der Waals surface area (Å²) in [6.07, 6.45) is -4.59. The Kier molecular flexibility index (Phi) is 4.62. The van der Waals surface area contributed by atoms with E-state index in [4.69, 9.17) is 0 Å². The smallest absolute Gasteiger partial charge is 0.232 e. The number of hydrogen-bond acceptors (Lipinski definition) is 3. The molecule has 0 amide bonds. The molecule has 26 heavy (non-hydrogen) atoms. The molecule has 0 saturated heterocycles. The predicted molar refractivity (Wildman–Crippen MR) is 92.1 cm³/mol. The van der Waals surface area contributed by atoms with Gasteiger partial charge in [-0.2, -0.15) is 18.3 Å². The largest absolute Gasteiger partial charge is 0.435 e. The zero-order chi connectivity index (χ0) is 19.1. The molecule has 0 aliphatic rings. The highest BCUT2D eigenvalue weighted by molar-refractivity contribution is 7.72. The molecule has 1 heterocycles. The standard InChI is InChI=1S/C18H15F3N2O2S/c1-11-3-4-12(2)15(9-11)16-10-17(18(19,20)21)22-23(16)13-5-7-14(8-6-13)26(24)25/h3-10,26H,1-2H3. The number of hydrogen-bond donors (Lipinski definition) is 1. The Morgan fingerprint density at radius 2 is 1.62 bits per heavy atom. The molecule has 0 spiro atoms. The van der Waals surface area contributed by atoms with Gasteiger partial charge in [-0.3, -0.25) is 0 Å². The van der Waals surface area contributed by atoms with E-state index in [-0.39, 0.29) is 10.6 Å². The van der Waals surface area contributed by atoms with Gasteiger partial charge < -0.3 is 0 Å². The second-order valence-corrected chi connectivity index (χ2v) is 6.95. The first-order valence-electron chi connectivity index (χ1n) is 7.66. The molecule has 0 aliphatic heterocycles. The number of alkyl halides is 3. The van der Waals surface area contributed by atoms with Crippen LogP contribution in [-0.2, 0) is 16.9 Å². The Labute approximate surface area is 149 Å². The molecule has 0 radical (unpaired) electrons. The van der Waals surface area contributed by atoms with Gasteiger partial charge in [0.25, 0.3) is 0 Å². The van der Waals surface area contributed by atoms with Gasteiger partial charge in [-0.15, -0.1) is 0 Å². The Morgan fingerprint density at radius 1 is 0.962 bits per heavy atom. The molecule has 0 aliphatic carbocycles. The van der Waals surface area contributed by atoms with E-state index < -0.39 is 22.6 Å². The van der Waals surface area contributed by atoms with E-state index in [1.165, 1.54) is 28.9 Å². The zero-order valence-electron chi connectivity index (χ0n) is 13.9. The van der Waals surface area contributed by atoms with Crippen molar-refractivity contribution in [2.45, 2.75) is 24.9 Å². The molecule has 0 atom stereocenters. The average Bonchev–Trinajstić information content (AvgIpc) is 3.02. The molecule has 1 aromatic heterocycles. The molecule has 0 saturated carbocycles. The third-order valence-corrected chi connectivity index (χ3v) is 4.69. The van der Waals surface area contributed by atoms with E-state index in [2.05, 4.69) is 5.10 Å². The highest BCUT2D eigenvalue weighted by atomic mass is 32.2. The Balaban J connectivity index is 2.23. The predicted octanol–water partition coefficient (Wildman–Crippen LogP) is 4.15. The van der Waals surface area contributed by atoms with Gasteiger partial charge in [-0.05, 0) is 55.8 Å². The normalized spacial score (nSPS) is 11.9. The van der Waals surface area contributed by atoms with Crippen molar-refractivity contribution < 1.29 is 21.6 Å². The molecular formula is C18H15F3N2O2S. The molecule has 3 aromatic rings. The molecule has 8 heteroatoms. The summed E-state index contributed by atoms with van der Waals surface area (Å²) < 4.78 is 62.8. The van der Waals surface area contributed by atoms with Crippen molar-refractivity contribution in [2.24, 2.45) is 0 Å². The second-order valence-electron chi connectivity index (χ2n) is 5.92. The fourth-order valence-electron chi connectivity index (χ4n) is 2.64. The van der Waals surface area contributed by atoms with Gasteiger partial charge in [0.2, 0.25) is 0 Å². The number of benzene rings is 2. The van der Waals surface area contributed by atoms with Crippen molar-refractivity contribution in [2.75, 3.05) is 0 Å². The molecule has 4 nitrogen and oxygen atoms in total. The lowest BCUT2D eigenvalue weighted by molar-refractivity contribution is -0.141. The third-order valence-electron chi connectivity index (χ3n) is 3.97. The lowest BCUT2D eigenvalue weighted by Crippen LogP contribution is -2.07. The average molecular weight is 380 g/mol. The first-order valence-corrected chi connectivity index (χ1v) is 8.84. The lowest BCUT2D eigenvalue weighted by Gasteiger charge is -2.11. The first kappa shape index (κ1) is 18.2. The van der Waals surface area contributed by atoms with Crippen molar-refractivity contribution in [1.82, 2.24) is 9.78 Å². The van der Waals surface area contributed by atoms with E-state index in [1.54, 1.807) is 6.07 Å². The van der Waals surface area contributed by atoms with Gasteiger partial charge in [0.1, 0.15) is 0 Å². The van der Waals surface area contributed by atoms with Crippen LogP contribution in [0.15, 0.2) is 53.4 Å². The van der Waals surface area contributed by atoms with E-state index >= 15 is 0 Å². The maximum Gasteiger partial charge on any atom is 0.435 e. The fraction of sp³-hybridized carbons (Fsp3) is 0.167. The fourth-order valence-corrected chi connectivity index (χ4v) is 3.03. The van der Waals surface area contributed by atoms with E-state index in [0.717, 1.165) is 17.2 Å². The second kappa shape index (κ2) is 6.60. The Hall–Kier alpha value is -2.61. The SMILES string of the molecule is Cc1ccc(C)c(-c2cc(C(F)(F)F)nn2-c2ccc([SH](=O)=O)cc2)c1. The number of aryl methyl sites for hydroxylation is 2. The number of nitrogens with zero attached hydrogens (tertiary/aromatic N) is 2. The van der Waals surface area contributed by atoms with E-state index in [0.29, 0.717) is 11.3 Å². The summed E-state index contributed by atoms with van der Waals surface area (Å²) in [5.41, 5.74) is 1.98. The van der Waals surface area contributed by atoms with Crippen LogP contribution in [0.3, 0.4) is 0 Å². The van der Waals surface area contributed by atoms with Crippen LogP contribution in [0.1, 0.15) is 16.8 Å². The van der Waals surface area contributed by atoms with Gasteiger partial charge >= 0.3 is 6.18 Å². The lowest BCUT2D eigenvalue weighted by atomic mass is 10.0. The number of halogens is 3. The van der Waals surface area contributed by atoms with Crippen LogP contribution in [0.25, 0.3) is 16.9 Å². The molecule has 0 bridgehead atoms. The number of thiol groups is 1. The summed E-state index contributed by atoms with van der Waals surface area (Å²) in [4.78, 5) is 0.0836. The van der Waals surface area contributed by atoms with Crippen LogP contribution in [0.2, 0.25) is 0 Å². The van der Waals surface area contributed by atoms with Crippen LogP contribution in [0.4, 0.5) is 13.2 Å². The summed E-state index contributed by atoms with van der Waals surface area (Å²) in [5.74, 6) is 0. The van der Waals surface area contributed by atoms with Crippen LogP contribution in [-0.4, -0.2) is 18.2 Å². The van der Waals surface area contributed by atoms with Crippen LogP contribution in [0.5, 0.6) is 0 Å². The van der Waals surface area contributed by atoms with E-state index in [1.807, 2.05) is 26.0 Å². The summed E-state index contributed by atoms with van der Waals surface area (Å²) >= 11 is 0. The van der Waals surface area contributed by atoms with Crippen molar-refractivity contribution in [3.05, 3.63) is 65.4 Å². The van der Waals surface area contributed by atoms with Crippen LogP contribution >= 0.6 is 0 Å². The quantitative estimate of drug-likeness (QED) is 0.695. The minimum Gasteiger partial charge on any atom is -0.232 e.